The molecule has 1 N–H and O–H groups in total. The Balaban J connectivity index is 1.94. The van der Waals surface area contributed by atoms with Crippen LogP contribution in [0.5, 0.6) is 0 Å². The van der Waals surface area contributed by atoms with Crippen LogP contribution in [0.15, 0.2) is 24.3 Å². The average molecular weight is 300 g/mol. The summed E-state index contributed by atoms with van der Waals surface area (Å²) in [6, 6.07) is 8.21. The zero-order valence-corrected chi connectivity index (χ0v) is 12.4. The second kappa shape index (κ2) is 6.39. The number of benzene rings is 1. The third kappa shape index (κ3) is 5.03. The van der Waals surface area contributed by atoms with Gasteiger partial charge in [-0.3, -0.25) is 0 Å². The molecule has 4 heteroatoms. The van der Waals surface area contributed by atoms with Gasteiger partial charge in [0.2, 0.25) is 0 Å². The van der Waals surface area contributed by atoms with Crippen molar-refractivity contribution in [1.29, 1.82) is 0 Å². The van der Waals surface area contributed by atoms with Crippen molar-refractivity contribution in [2.24, 2.45) is 0 Å². The lowest BCUT2D eigenvalue weighted by molar-refractivity contribution is -0.137. The fraction of sp³-hybridized carbons (Fsp3) is 0.647. The molecule has 0 amide bonds. The van der Waals surface area contributed by atoms with Gasteiger partial charge < -0.3 is 5.11 Å². The van der Waals surface area contributed by atoms with Gasteiger partial charge in [-0.2, -0.15) is 13.2 Å². The van der Waals surface area contributed by atoms with Crippen LogP contribution in [0.2, 0.25) is 0 Å². The largest absolute Gasteiger partial charge is 0.390 e. The molecule has 0 saturated carbocycles. The molecule has 0 aromatic heterocycles. The molecule has 1 aromatic rings. The minimum Gasteiger partial charge on any atom is -0.390 e. The van der Waals surface area contributed by atoms with E-state index in [2.05, 4.69) is 12.1 Å². The molecule has 2 unspecified atom stereocenters. The van der Waals surface area contributed by atoms with Gasteiger partial charge in [0.1, 0.15) is 0 Å². The monoisotopic (exact) mass is 300 g/mol. The van der Waals surface area contributed by atoms with E-state index < -0.39 is 18.2 Å². The molecule has 1 aliphatic carbocycles. The van der Waals surface area contributed by atoms with Crippen molar-refractivity contribution in [3.63, 3.8) is 0 Å². The highest BCUT2D eigenvalue weighted by Crippen LogP contribution is 2.38. The van der Waals surface area contributed by atoms with Crippen molar-refractivity contribution in [3.05, 3.63) is 35.4 Å². The SMILES string of the molecule is CC(O)(CCCC(F)(F)F)CC1CCCc2ccccc21. The first kappa shape index (κ1) is 16.3. The maximum atomic E-state index is 12.2. The minimum atomic E-state index is -4.13. The van der Waals surface area contributed by atoms with Gasteiger partial charge in [-0.25, -0.2) is 0 Å². The van der Waals surface area contributed by atoms with Gasteiger partial charge in [0.25, 0.3) is 0 Å². The summed E-state index contributed by atoms with van der Waals surface area (Å²) in [5.74, 6) is 0.260. The van der Waals surface area contributed by atoms with Gasteiger partial charge >= 0.3 is 6.18 Å². The molecule has 0 fully saturated rings. The summed E-state index contributed by atoms with van der Waals surface area (Å²) in [6.07, 6.45) is -1.06. The number of halogens is 3. The Morgan fingerprint density at radius 3 is 2.62 bits per heavy atom. The van der Waals surface area contributed by atoms with Crippen LogP contribution in [0.3, 0.4) is 0 Å². The number of alkyl halides is 3. The average Bonchev–Trinajstić information content (AvgIpc) is 2.37. The van der Waals surface area contributed by atoms with Gasteiger partial charge in [0.05, 0.1) is 5.60 Å². The van der Waals surface area contributed by atoms with Crippen LogP contribution in [0.1, 0.15) is 62.5 Å². The fourth-order valence-corrected chi connectivity index (χ4v) is 3.37. The number of aryl methyl sites for hydroxylation is 1. The number of aliphatic hydroxyl groups is 1. The van der Waals surface area contributed by atoms with Crippen LogP contribution in [0, 0.1) is 0 Å². The lowest BCUT2D eigenvalue weighted by atomic mass is 9.76. The lowest BCUT2D eigenvalue weighted by Gasteiger charge is -2.32. The number of fused-ring (bicyclic) bond motifs is 1. The molecule has 1 aromatic carbocycles. The lowest BCUT2D eigenvalue weighted by Crippen LogP contribution is -2.28. The van der Waals surface area contributed by atoms with Crippen LogP contribution >= 0.6 is 0 Å². The fourth-order valence-electron chi connectivity index (χ4n) is 3.37. The van der Waals surface area contributed by atoms with E-state index in [1.54, 1.807) is 6.92 Å². The quantitative estimate of drug-likeness (QED) is 0.813. The second-order valence-electron chi connectivity index (χ2n) is 6.46. The van der Waals surface area contributed by atoms with Gasteiger partial charge in [0, 0.05) is 6.42 Å². The first-order valence-corrected chi connectivity index (χ1v) is 7.64. The van der Waals surface area contributed by atoms with Crippen LogP contribution in [-0.4, -0.2) is 16.9 Å². The van der Waals surface area contributed by atoms with Gasteiger partial charge in [0.15, 0.2) is 0 Å². The highest BCUT2D eigenvalue weighted by molar-refractivity contribution is 5.32. The van der Waals surface area contributed by atoms with Gasteiger partial charge in [-0.15, -0.1) is 0 Å². The first-order valence-electron chi connectivity index (χ1n) is 7.64. The third-order valence-corrected chi connectivity index (χ3v) is 4.36. The molecule has 0 spiro atoms. The van der Waals surface area contributed by atoms with Crippen molar-refractivity contribution < 1.29 is 18.3 Å². The maximum Gasteiger partial charge on any atom is 0.389 e. The Kier molecular flexibility index (Phi) is 4.97. The number of rotatable bonds is 5. The Bertz CT molecular complexity index is 465. The van der Waals surface area contributed by atoms with E-state index in [1.807, 2.05) is 12.1 Å². The predicted octanol–water partition coefficient (Wildman–Crippen LogP) is 4.98. The number of hydrogen-bond acceptors (Lipinski definition) is 1. The first-order chi connectivity index (χ1) is 9.77. The van der Waals surface area contributed by atoms with Crippen molar-refractivity contribution >= 4 is 0 Å². The van der Waals surface area contributed by atoms with E-state index >= 15 is 0 Å². The molecular formula is C17H23F3O. The van der Waals surface area contributed by atoms with Crippen molar-refractivity contribution in [1.82, 2.24) is 0 Å². The molecule has 118 valence electrons. The molecule has 0 heterocycles. The molecule has 0 radical (unpaired) electrons. The summed E-state index contributed by atoms with van der Waals surface area (Å²) in [7, 11) is 0. The molecule has 0 bridgehead atoms. The van der Waals surface area contributed by atoms with Crippen LogP contribution < -0.4 is 0 Å². The standard InChI is InChI=1S/C17H23F3O/c1-16(21,10-5-11-17(18,19)20)12-14-8-4-7-13-6-2-3-9-15(13)14/h2-3,6,9,14,21H,4-5,7-8,10-12H2,1H3. The zero-order chi connectivity index (χ0) is 15.5. The second-order valence-corrected chi connectivity index (χ2v) is 6.46. The molecule has 21 heavy (non-hydrogen) atoms. The zero-order valence-electron chi connectivity index (χ0n) is 12.4. The summed E-state index contributed by atoms with van der Waals surface area (Å²) in [5, 5.41) is 10.4. The molecule has 0 aliphatic heterocycles. The van der Waals surface area contributed by atoms with Crippen LogP contribution in [0.25, 0.3) is 0 Å². The van der Waals surface area contributed by atoms with E-state index in [0.29, 0.717) is 6.42 Å². The van der Waals surface area contributed by atoms with Crippen LogP contribution in [-0.2, 0) is 6.42 Å². The third-order valence-electron chi connectivity index (χ3n) is 4.36. The number of hydrogen-bond donors (Lipinski definition) is 1. The van der Waals surface area contributed by atoms with Gasteiger partial charge in [-0.05, 0) is 62.5 Å². The Morgan fingerprint density at radius 1 is 1.19 bits per heavy atom. The molecular weight excluding hydrogens is 277 g/mol. The van der Waals surface area contributed by atoms with Crippen molar-refractivity contribution in [2.45, 2.75) is 69.6 Å². The van der Waals surface area contributed by atoms with E-state index in [-0.39, 0.29) is 18.8 Å². The molecule has 2 atom stereocenters. The van der Waals surface area contributed by atoms with E-state index in [9.17, 15) is 18.3 Å². The molecule has 2 rings (SSSR count). The summed E-state index contributed by atoms with van der Waals surface area (Å²) in [6.45, 7) is 1.67. The summed E-state index contributed by atoms with van der Waals surface area (Å²) >= 11 is 0. The van der Waals surface area contributed by atoms with E-state index in [1.165, 1.54) is 11.1 Å². The summed E-state index contributed by atoms with van der Waals surface area (Å²) in [5.41, 5.74) is 1.56. The summed E-state index contributed by atoms with van der Waals surface area (Å²) in [4.78, 5) is 0. The smallest absolute Gasteiger partial charge is 0.389 e. The highest BCUT2D eigenvalue weighted by atomic mass is 19.4. The Morgan fingerprint density at radius 2 is 1.90 bits per heavy atom. The molecule has 1 nitrogen and oxygen atoms in total. The summed E-state index contributed by atoms with van der Waals surface area (Å²) < 4.78 is 36.6. The Hall–Kier alpha value is -1.03. The minimum absolute atomic E-state index is 0.00906. The normalized spacial score (nSPS) is 21.7. The maximum absolute atomic E-state index is 12.2. The van der Waals surface area contributed by atoms with E-state index in [4.69, 9.17) is 0 Å². The predicted molar refractivity (Wildman–Crippen MR) is 77.3 cm³/mol. The van der Waals surface area contributed by atoms with E-state index in [0.717, 1.165) is 19.3 Å². The van der Waals surface area contributed by atoms with Crippen molar-refractivity contribution in [2.75, 3.05) is 0 Å². The van der Waals surface area contributed by atoms with Gasteiger partial charge in [-0.1, -0.05) is 24.3 Å². The topological polar surface area (TPSA) is 20.2 Å². The Labute approximate surface area is 124 Å². The molecule has 0 saturated heterocycles. The highest BCUT2D eigenvalue weighted by Gasteiger charge is 2.31. The molecule has 1 aliphatic rings. The van der Waals surface area contributed by atoms with Crippen molar-refractivity contribution in [3.8, 4) is 0 Å². The van der Waals surface area contributed by atoms with Crippen LogP contribution in [0.4, 0.5) is 13.2 Å².